The number of hydrogen-bond acceptors (Lipinski definition) is 3. The molecule has 0 aliphatic heterocycles. The van der Waals surface area contributed by atoms with Crippen LogP contribution in [0, 0.1) is 0 Å². The third-order valence-electron chi connectivity index (χ3n) is 2.18. The van der Waals surface area contributed by atoms with Gasteiger partial charge in [-0.05, 0) is 30.7 Å². The predicted octanol–water partition coefficient (Wildman–Crippen LogP) is 2.91. The van der Waals surface area contributed by atoms with Gasteiger partial charge >= 0.3 is 0 Å². The predicted molar refractivity (Wildman–Crippen MR) is 66.6 cm³/mol. The summed E-state index contributed by atoms with van der Waals surface area (Å²) in [6.07, 6.45) is 2.26. The zero-order valence-electron chi connectivity index (χ0n) is 9.40. The van der Waals surface area contributed by atoms with Crippen molar-refractivity contribution < 1.29 is 4.74 Å². The minimum Gasteiger partial charge on any atom is -0.497 e. The van der Waals surface area contributed by atoms with Crippen molar-refractivity contribution in [2.45, 2.75) is 30.7 Å². The molecule has 2 N–H and O–H groups in total. The molecule has 0 radical (unpaired) electrons. The highest BCUT2D eigenvalue weighted by Gasteiger charge is 2.02. The maximum atomic E-state index is 5.94. The van der Waals surface area contributed by atoms with Crippen LogP contribution in [0.5, 0.6) is 5.75 Å². The van der Waals surface area contributed by atoms with Crippen LogP contribution in [0.3, 0.4) is 0 Å². The highest BCUT2D eigenvalue weighted by atomic mass is 32.2. The van der Waals surface area contributed by atoms with E-state index < -0.39 is 0 Å². The van der Waals surface area contributed by atoms with Crippen LogP contribution in [0.2, 0.25) is 0 Å². The fourth-order valence-electron chi connectivity index (χ4n) is 1.33. The lowest BCUT2D eigenvalue weighted by molar-refractivity contribution is 0.414. The summed E-state index contributed by atoms with van der Waals surface area (Å²) in [5.74, 6) is 1.89. The fraction of sp³-hybridized carbons (Fsp3) is 0.500. The van der Waals surface area contributed by atoms with Crippen LogP contribution in [0.15, 0.2) is 29.2 Å². The molecule has 0 saturated heterocycles. The summed E-state index contributed by atoms with van der Waals surface area (Å²) in [7, 11) is 1.68. The second kappa shape index (κ2) is 6.75. The lowest BCUT2D eigenvalue weighted by Crippen LogP contribution is -2.22. The third kappa shape index (κ3) is 4.58. The van der Waals surface area contributed by atoms with E-state index in [-0.39, 0.29) is 0 Å². The molecule has 0 fully saturated rings. The molecule has 0 amide bonds. The third-order valence-corrected chi connectivity index (χ3v) is 3.38. The molecule has 0 heterocycles. The molecule has 1 atom stereocenters. The summed E-state index contributed by atoms with van der Waals surface area (Å²) < 4.78 is 5.10. The van der Waals surface area contributed by atoms with Gasteiger partial charge in [0.25, 0.3) is 0 Å². The molecule has 0 aromatic heterocycles. The van der Waals surface area contributed by atoms with Gasteiger partial charge in [0.05, 0.1) is 7.11 Å². The van der Waals surface area contributed by atoms with Gasteiger partial charge in [-0.2, -0.15) is 0 Å². The van der Waals surface area contributed by atoms with Gasteiger partial charge < -0.3 is 10.5 Å². The van der Waals surface area contributed by atoms with Gasteiger partial charge in [-0.25, -0.2) is 0 Å². The van der Waals surface area contributed by atoms with E-state index in [1.807, 2.05) is 23.9 Å². The number of thioether (sulfide) groups is 1. The average Bonchev–Trinajstić information content (AvgIpc) is 2.27. The van der Waals surface area contributed by atoms with E-state index in [4.69, 9.17) is 10.5 Å². The van der Waals surface area contributed by atoms with Crippen LogP contribution in [0.1, 0.15) is 19.8 Å². The molecule has 1 aromatic rings. The monoisotopic (exact) mass is 225 g/mol. The normalized spacial score (nSPS) is 12.5. The molecule has 0 spiro atoms. The molecule has 0 saturated carbocycles. The minimum atomic E-state index is 0.308. The fourth-order valence-corrected chi connectivity index (χ4v) is 2.23. The summed E-state index contributed by atoms with van der Waals surface area (Å²) in [6, 6.07) is 8.41. The molecule has 1 aromatic carbocycles. The lowest BCUT2D eigenvalue weighted by Gasteiger charge is -2.09. The number of ether oxygens (including phenoxy) is 1. The van der Waals surface area contributed by atoms with Crippen molar-refractivity contribution in [3.63, 3.8) is 0 Å². The SMILES string of the molecule is CCCC(N)CSc1ccc(OC)cc1. The Morgan fingerprint density at radius 2 is 2.00 bits per heavy atom. The average molecular weight is 225 g/mol. The first-order valence-electron chi connectivity index (χ1n) is 5.28. The molecular weight excluding hydrogens is 206 g/mol. The zero-order chi connectivity index (χ0) is 11.1. The standard InChI is InChI=1S/C12H19NOS/c1-3-4-10(13)9-15-12-7-5-11(14-2)6-8-12/h5-8,10H,3-4,9,13H2,1-2H3. The number of hydrogen-bond donors (Lipinski definition) is 1. The molecule has 1 unspecified atom stereocenters. The second-order valence-electron chi connectivity index (χ2n) is 3.54. The smallest absolute Gasteiger partial charge is 0.118 e. The molecule has 84 valence electrons. The molecule has 2 nitrogen and oxygen atoms in total. The van der Waals surface area contributed by atoms with Gasteiger partial charge in [0.1, 0.15) is 5.75 Å². The first kappa shape index (κ1) is 12.4. The molecular formula is C12H19NOS. The van der Waals surface area contributed by atoms with Crippen molar-refractivity contribution in [2.24, 2.45) is 5.73 Å². The summed E-state index contributed by atoms with van der Waals surface area (Å²) in [5.41, 5.74) is 5.94. The Bertz CT molecular complexity index is 273. The van der Waals surface area contributed by atoms with Crippen LogP contribution in [0.25, 0.3) is 0 Å². The highest BCUT2D eigenvalue weighted by molar-refractivity contribution is 7.99. The number of nitrogens with two attached hydrogens (primary N) is 1. The Balaban J connectivity index is 2.37. The van der Waals surface area contributed by atoms with E-state index in [2.05, 4.69) is 19.1 Å². The van der Waals surface area contributed by atoms with Crippen LogP contribution in [-0.4, -0.2) is 18.9 Å². The van der Waals surface area contributed by atoms with E-state index in [0.717, 1.165) is 24.3 Å². The van der Waals surface area contributed by atoms with Crippen molar-refractivity contribution in [3.05, 3.63) is 24.3 Å². The lowest BCUT2D eigenvalue weighted by atomic mass is 10.2. The van der Waals surface area contributed by atoms with Gasteiger partial charge in [0, 0.05) is 16.7 Å². The number of rotatable bonds is 6. The highest BCUT2D eigenvalue weighted by Crippen LogP contribution is 2.22. The van der Waals surface area contributed by atoms with Crippen molar-refractivity contribution in [3.8, 4) is 5.75 Å². The van der Waals surface area contributed by atoms with Crippen molar-refractivity contribution in [1.29, 1.82) is 0 Å². The van der Waals surface area contributed by atoms with Gasteiger partial charge in [-0.15, -0.1) is 11.8 Å². The van der Waals surface area contributed by atoms with E-state index >= 15 is 0 Å². The summed E-state index contributed by atoms with van der Waals surface area (Å²) in [5, 5.41) is 0. The van der Waals surface area contributed by atoms with Crippen LogP contribution in [0.4, 0.5) is 0 Å². The topological polar surface area (TPSA) is 35.2 Å². The number of methoxy groups -OCH3 is 1. The van der Waals surface area contributed by atoms with Crippen LogP contribution >= 0.6 is 11.8 Å². The Hall–Kier alpha value is -0.670. The Labute approximate surface area is 96.2 Å². The Kier molecular flexibility index (Phi) is 5.58. The minimum absolute atomic E-state index is 0.308. The molecule has 1 rings (SSSR count). The zero-order valence-corrected chi connectivity index (χ0v) is 10.2. The van der Waals surface area contributed by atoms with Gasteiger partial charge in [0.2, 0.25) is 0 Å². The summed E-state index contributed by atoms with van der Waals surface area (Å²) >= 11 is 1.81. The summed E-state index contributed by atoms with van der Waals surface area (Å²) in [4.78, 5) is 1.25. The van der Waals surface area contributed by atoms with Crippen molar-refractivity contribution >= 4 is 11.8 Å². The molecule has 0 aliphatic rings. The van der Waals surface area contributed by atoms with Crippen molar-refractivity contribution in [2.75, 3.05) is 12.9 Å². The maximum absolute atomic E-state index is 5.94. The first-order chi connectivity index (χ1) is 7.26. The molecule has 0 aliphatic carbocycles. The van der Waals surface area contributed by atoms with Crippen molar-refractivity contribution in [1.82, 2.24) is 0 Å². The molecule has 15 heavy (non-hydrogen) atoms. The Morgan fingerprint density at radius 3 is 2.53 bits per heavy atom. The Morgan fingerprint density at radius 1 is 1.33 bits per heavy atom. The van der Waals surface area contributed by atoms with E-state index in [1.54, 1.807) is 7.11 Å². The summed E-state index contributed by atoms with van der Waals surface area (Å²) in [6.45, 7) is 2.16. The quantitative estimate of drug-likeness (QED) is 0.756. The van der Waals surface area contributed by atoms with Gasteiger partial charge in [0.15, 0.2) is 0 Å². The van der Waals surface area contributed by atoms with E-state index in [1.165, 1.54) is 4.90 Å². The second-order valence-corrected chi connectivity index (χ2v) is 4.63. The van der Waals surface area contributed by atoms with E-state index in [9.17, 15) is 0 Å². The van der Waals surface area contributed by atoms with E-state index in [0.29, 0.717) is 6.04 Å². The van der Waals surface area contributed by atoms with Gasteiger partial charge in [-0.3, -0.25) is 0 Å². The van der Waals surface area contributed by atoms with Crippen LogP contribution in [-0.2, 0) is 0 Å². The van der Waals surface area contributed by atoms with Crippen LogP contribution < -0.4 is 10.5 Å². The van der Waals surface area contributed by atoms with Gasteiger partial charge in [-0.1, -0.05) is 13.3 Å². The number of benzene rings is 1. The maximum Gasteiger partial charge on any atom is 0.118 e. The molecule has 0 bridgehead atoms. The molecule has 3 heteroatoms. The first-order valence-corrected chi connectivity index (χ1v) is 6.27. The largest absolute Gasteiger partial charge is 0.497 e.